The first-order valence-electron chi connectivity index (χ1n) is 9.11. The quantitative estimate of drug-likeness (QED) is 0.546. The van der Waals surface area contributed by atoms with E-state index in [2.05, 4.69) is 33.6 Å². The molecule has 0 saturated carbocycles. The number of aromatic nitrogens is 3. The maximum Gasteiger partial charge on any atom is 0.161 e. The van der Waals surface area contributed by atoms with Crippen molar-refractivity contribution in [2.45, 2.75) is 25.9 Å². The van der Waals surface area contributed by atoms with E-state index in [0.717, 1.165) is 17.8 Å². The molecule has 0 unspecified atom stereocenters. The normalized spacial score (nSPS) is 10.4. The summed E-state index contributed by atoms with van der Waals surface area (Å²) >= 11 is 0. The van der Waals surface area contributed by atoms with Gasteiger partial charge in [-0.15, -0.1) is 0 Å². The average molecular weight is 377 g/mol. The molecule has 0 atom stereocenters. The summed E-state index contributed by atoms with van der Waals surface area (Å²) < 4.78 is 12.8. The minimum absolute atomic E-state index is 0.485. The second-order valence-corrected chi connectivity index (χ2v) is 6.21. The number of rotatable bonds is 10. The van der Waals surface area contributed by atoms with Gasteiger partial charge in [0.2, 0.25) is 0 Å². The molecule has 0 aliphatic heterocycles. The summed E-state index contributed by atoms with van der Waals surface area (Å²) in [5, 5.41) is 16.2. The van der Waals surface area contributed by atoms with Gasteiger partial charge >= 0.3 is 0 Å². The molecule has 7 nitrogen and oxygen atoms in total. The molecule has 0 spiro atoms. The minimum atomic E-state index is 0.485. The second-order valence-electron chi connectivity index (χ2n) is 6.21. The van der Waals surface area contributed by atoms with Crippen LogP contribution < -0.4 is 14.8 Å². The highest BCUT2D eigenvalue weighted by molar-refractivity contribution is 5.43. The van der Waals surface area contributed by atoms with Crippen LogP contribution in [-0.2, 0) is 13.1 Å². The molecule has 0 amide bonds. The highest BCUT2D eigenvalue weighted by Gasteiger charge is 2.06. The monoisotopic (exact) mass is 377 g/mol. The summed E-state index contributed by atoms with van der Waals surface area (Å²) in [4.78, 5) is 3.96. The Morgan fingerprint density at radius 2 is 1.86 bits per heavy atom. The first-order valence-corrected chi connectivity index (χ1v) is 9.11. The maximum absolute atomic E-state index is 8.62. The average Bonchev–Trinajstić information content (AvgIpc) is 3.27. The number of methoxy groups -OCH3 is 1. The lowest BCUT2D eigenvalue weighted by Gasteiger charge is -2.12. The van der Waals surface area contributed by atoms with Crippen LogP contribution in [0.2, 0.25) is 0 Å². The number of unbranched alkanes of at least 4 members (excludes halogenated alkanes) is 1. The van der Waals surface area contributed by atoms with Crippen LogP contribution >= 0.6 is 0 Å². The maximum atomic E-state index is 8.62. The van der Waals surface area contributed by atoms with Gasteiger partial charge in [0.25, 0.3) is 0 Å². The third-order valence-electron chi connectivity index (χ3n) is 4.20. The second kappa shape index (κ2) is 10.1. The molecule has 0 fully saturated rings. The van der Waals surface area contributed by atoms with Crippen molar-refractivity contribution in [3.05, 3.63) is 66.2 Å². The number of hydrogen-bond acceptors (Lipinski definition) is 6. The van der Waals surface area contributed by atoms with E-state index in [9.17, 15) is 0 Å². The zero-order valence-electron chi connectivity index (χ0n) is 15.8. The van der Waals surface area contributed by atoms with E-state index in [1.165, 1.54) is 11.9 Å². The Labute approximate surface area is 164 Å². The molecule has 1 heterocycles. The molecule has 0 aliphatic rings. The number of hydrogen-bond donors (Lipinski definition) is 1. The fourth-order valence-corrected chi connectivity index (χ4v) is 2.74. The minimum Gasteiger partial charge on any atom is -0.493 e. The van der Waals surface area contributed by atoms with Gasteiger partial charge in [-0.3, -0.25) is 0 Å². The fraction of sp³-hybridized carbons (Fsp3) is 0.286. The van der Waals surface area contributed by atoms with Crippen LogP contribution in [0.3, 0.4) is 0 Å². The van der Waals surface area contributed by atoms with Gasteiger partial charge in [-0.1, -0.05) is 18.2 Å². The van der Waals surface area contributed by atoms with Crippen molar-refractivity contribution in [1.29, 1.82) is 5.26 Å². The Hall–Kier alpha value is -3.37. The van der Waals surface area contributed by atoms with Gasteiger partial charge in [0, 0.05) is 19.5 Å². The van der Waals surface area contributed by atoms with Crippen molar-refractivity contribution in [2.75, 3.05) is 13.7 Å². The molecule has 3 rings (SSSR count). The van der Waals surface area contributed by atoms with E-state index in [4.69, 9.17) is 14.7 Å². The van der Waals surface area contributed by atoms with E-state index < -0.39 is 0 Å². The predicted octanol–water partition coefficient (Wildman–Crippen LogP) is 3.25. The zero-order valence-corrected chi connectivity index (χ0v) is 15.8. The summed E-state index contributed by atoms with van der Waals surface area (Å²) in [7, 11) is 1.62. The van der Waals surface area contributed by atoms with Crippen LogP contribution in [0.1, 0.15) is 24.0 Å². The summed E-state index contributed by atoms with van der Waals surface area (Å²) in [6.45, 7) is 1.96. The molecule has 144 valence electrons. The number of benzene rings is 2. The van der Waals surface area contributed by atoms with Crippen molar-refractivity contribution in [1.82, 2.24) is 20.1 Å². The fourth-order valence-electron chi connectivity index (χ4n) is 2.74. The molecule has 0 bridgehead atoms. The molecule has 1 aromatic heterocycles. The number of nitriles is 1. The molecule has 0 saturated heterocycles. The van der Waals surface area contributed by atoms with Crippen molar-refractivity contribution >= 4 is 0 Å². The van der Waals surface area contributed by atoms with Crippen molar-refractivity contribution in [2.24, 2.45) is 0 Å². The van der Waals surface area contributed by atoms with Crippen molar-refractivity contribution in [3.8, 4) is 23.3 Å². The van der Waals surface area contributed by atoms with Crippen LogP contribution in [-0.4, -0.2) is 28.5 Å². The van der Waals surface area contributed by atoms with Crippen molar-refractivity contribution in [3.63, 3.8) is 0 Å². The van der Waals surface area contributed by atoms with Gasteiger partial charge in [-0.25, -0.2) is 9.67 Å². The molecular weight excluding hydrogens is 354 g/mol. The summed E-state index contributed by atoms with van der Waals surface area (Å²) in [5.41, 5.74) is 3.27. The predicted molar refractivity (Wildman–Crippen MR) is 105 cm³/mol. The molecular formula is C21H23N5O2. The highest BCUT2D eigenvalue weighted by atomic mass is 16.5. The summed E-state index contributed by atoms with van der Waals surface area (Å²) in [6.07, 6.45) is 4.38. The number of nitrogens with one attached hydrogen (secondary N) is 1. The largest absolute Gasteiger partial charge is 0.493 e. The Morgan fingerprint density at radius 3 is 2.57 bits per heavy atom. The topological polar surface area (TPSA) is 85.0 Å². The third-order valence-corrected chi connectivity index (χ3v) is 4.20. The van der Waals surface area contributed by atoms with Gasteiger partial charge in [0.1, 0.15) is 12.7 Å². The molecule has 7 heteroatoms. The van der Waals surface area contributed by atoms with Gasteiger partial charge in [-0.2, -0.15) is 10.4 Å². The lowest BCUT2D eigenvalue weighted by atomic mass is 10.1. The molecule has 2 aromatic carbocycles. The molecule has 28 heavy (non-hydrogen) atoms. The van der Waals surface area contributed by atoms with E-state index >= 15 is 0 Å². The highest BCUT2D eigenvalue weighted by Crippen LogP contribution is 2.28. The van der Waals surface area contributed by atoms with E-state index in [0.29, 0.717) is 37.5 Å². The Morgan fingerprint density at radius 1 is 1.07 bits per heavy atom. The molecule has 1 N–H and O–H groups in total. The zero-order chi connectivity index (χ0) is 19.6. The smallest absolute Gasteiger partial charge is 0.161 e. The summed E-state index contributed by atoms with van der Waals surface area (Å²) in [6, 6.07) is 16.2. The van der Waals surface area contributed by atoms with Crippen LogP contribution in [0, 0.1) is 11.3 Å². The first-order chi connectivity index (χ1) is 13.8. The summed E-state index contributed by atoms with van der Waals surface area (Å²) in [5.74, 6) is 1.40. The van der Waals surface area contributed by atoms with E-state index in [1.54, 1.807) is 18.1 Å². The van der Waals surface area contributed by atoms with E-state index in [-0.39, 0.29) is 0 Å². The lowest BCUT2D eigenvalue weighted by Crippen LogP contribution is -2.13. The Balaban J connectivity index is 1.53. The standard InChI is InChI=1S/C21H23N5O2/c1-27-20-9-6-18(12-21(20)28-11-3-2-10-22)14-23-13-17-4-7-19(8-5-17)26-16-24-15-25-26/h4-9,12,15-16,23H,2-3,11,13-14H2,1H3. The van der Waals surface area contributed by atoms with Gasteiger partial charge in [0.15, 0.2) is 11.5 Å². The van der Waals surface area contributed by atoms with Crippen LogP contribution in [0.25, 0.3) is 5.69 Å². The van der Waals surface area contributed by atoms with Gasteiger partial charge in [-0.05, 0) is 41.8 Å². The Kier molecular flexibility index (Phi) is 6.99. The number of ether oxygens (including phenoxy) is 2. The number of nitrogens with zero attached hydrogens (tertiary/aromatic N) is 4. The third kappa shape index (κ3) is 5.32. The molecule has 3 aromatic rings. The van der Waals surface area contributed by atoms with Gasteiger partial charge in [0.05, 0.1) is 25.5 Å². The van der Waals surface area contributed by atoms with E-state index in [1.807, 2.05) is 30.3 Å². The van der Waals surface area contributed by atoms with Crippen molar-refractivity contribution < 1.29 is 9.47 Å². The lowest BCUT2D eigenvalue weighted by molar-refractivity contribution is 0.290. The van der Waals surface area contributed by atoms with Crippen LogP contribution in [0.5, 0.6) is 11.5 Å². The molecule has 0 aliphatic carbocycles. The van der Waals surface area contributed by atoms with Crippen LogP contribution in [0.15, 0.2) is 55.1 Å². The SMILES string of the molecule is COc1ccc(CNCc2ccc(-n3cncn3)cc2)cc1OCCCC#N. The van der Waals surface area contributed by atoms with Crippen LogP contribution in [0.4, 0.5) is 0 Å². The molecule has 0 radical (unpaired) electrons. The Bertz CT molecular complexity index is 902. The first kappa shape index (κ1) is 19.4. The van der Waals surface area contributed by atoms with Gasteiger partial charge < -0.3 is 14.8 Å².